The van der Waals surface area contributed by atoms with Crippen LogP contribution in [0.4, 0.5) is 0 Å². The van der Waals surface area contributed by atoms with Crippen molar-refractivity contribution in [1.82, 2.24) is 10.3 Å². The number of pyridine rings is 1. The number of nitrogens with zero attached hydrogens (tertiary/aromatic N) is 1. The third-order valence-corrected chi connectivity index (χ3v) is 4.08. The van der Waals surface area contributed by atoms with Gasteiger partial charge in [0.2, 0.25) is 0 Å². The minimum Gasteiger partial charge on any atom is -0.387 e. The maximum Gasteiger partial charge on any atom is 0.0915 e. The smallest absolute Gasteiger partial charge is 0.0915 e. The first kappa shape index (κ1) is 13.5. The fourth-order valence-electron chi connectivity index (χ4n) is 2.80. The molecule has 100 valence electrons. The summed E-state index contributed by atoms with van der Waals surface area (Å²) in [5.41, 5.74) is 0.938. The molecule has 2 atom stereocenters. The van der Waals surface area contributed by atoms with Crippen LogP contribution in [-0.2, 0) is 0 Å². The van der Waals surface area contributed by atoms with Gasteiger partial charge in [-0.2, -0.15) is 0 Å². The van der Waals surface area contributed by atoms with Gasteiger partial charge in [-0.25, -0.2) is 0 Å². The number of aliphatic hydroxyl groups excluding tert-OH is 1. The average molecular weight is 248 g/mol. The lowest BCUT2D eigenvalue weighted by Crippen LogP contribution is -2.37. The first-order chi connectivity index (χ1) is 8.77. The Morgan fingerprint density at radius 1 is 1.28 bits per heavy atom. The van der Waals surface area contributed by atoms with Crippen molar-refractivity contribution in [2.45, 2.75) is 51.2 Å². The molecule has 1 aromatic heterocycles. The molecule has 3 heteroatoms. The van der Waals surface area contributed by atoms with E-state index >= 15 is 0 Å². The van der Waals surface area contributed by atoms with Crippen molar-refractivity contribution < 1.29 is 5.11 Å². The maximum absolute atomic E-state index is 10.1. The van der Waals surface area contributed by atoms with Gasteiger partial charge in [-0.05, 0) is 43.4 Å². The Balaban J connectivity index is 1.76. The standard InChI is InChI=1S/C15H24N2O/c1-12(13-5-3-2-4-6-13)17-11-15(18)14-7-9-16-10-8-14/h7-10,12-13,15,17-18H,2-6,11H2,1H3. The van der Waals surface area contributed by atoms with Gasteiger partial charge in [0, 0.05) is 25.0 Å². The molecule has 1 aliphatic rings. The molecule has 1 aliphatic carbocycles. The molecule has 1 fully saturated rings. The van der Waals surface area contributed by atoms with E-state index < -0.39 is 6.10 Å². The van der Waals surface area contributed by atoms with Crippen molar-refractivity contribution in [2.75, 3.05) is 6.54 Å². The molecule has 0 saturated heterocycles. The summed E-state index contributed by atoms with van der Waals surface area (Å²) >= 11 is 0. The molecule has 2 rings (SSSR count). The van der Waals surface area contributed by atoms with Gasteiger partial charge in [-0.1, -0.05) is 19.3 Å². The monoisotopic (exact) mass is 248 g/mol. The van der Waals surface area contributed by atoms with Crippen LogP contribution in [0.5, 0.6) is 0 Å². The van der Waals surface area contributed by atoms with Crippen molar-refractivity contribution in [3.05, 3.63) is 30.1 Å². The van der Waals surface area contributed by atoms with Gasteiger partial charge in [0.25, 0.3) is 0 Å². The van der Waals surface area contributed by atoms with Crippen molar-refractivity contribution in [1.29, 1.82) is 0 Å². The molecule has 0 aromatic carbocycles. The highest BCUT2D eigenvalue weighted by atomic mass is 16.3. The Morgan fingerprint density at radius 3 is 2.61 bits per heavy atom. The summed E-state index contributed by atoms with van der Waals surface area (Å²) in [5.74, 6) is 0.781. The highest BCUT2D eigenvalue weighted by molar-refractivity contribution is 5.13. The van der Waals surface area contributed by atoms with E-state index in [0.29, 0.717) is 12.6 Å². The fraction of sp³-hybridized carbons (Fsp3) is 0.667. The van der Waals surface area contributed by atoms with Crippen LogP contribution < -0.4 is 5.32 Å². The molecule has 0 aliphatic heterocycles. The molecule has 2 N–H and O–H groups in total. The fourth-order valence-corrected chi connectivity index (χ4v) is 2.80. The molecule has 18 heavy (non-hydrogen) atoms. The Morgan fingerprint density at radius 2 is 1.94 bits per heavy atom. The van der Waals surface area contributed by atoms with Crippen LogP contribution in [0.25, 0.3) is 0 Å². The van der Waals surface area contributed by atoms with Crippen molar-refractivity contribution in [3.8, 4) is 0 Å². The predicted octanol–water partition coefficient (Wildman–Crippen LogP) is 2.67. The Hall–Kier alpha value is -0.930. The topological polar surface area (TPSA) is 45.1 Å². The number of rotatable bonds is 5. The van der Waals surface area contributed by atoms with E-state index in [1.807, 2.05) is 12.1 Å². The van der Waals surface area contributed by atoms with Crippen LogP contribution in [0, 0.1) is 5.92 Å². The number of aromatic nitrogens is 1. The summed E-state index contributed by atoms with van der Waals surface area (Å²) in [6.07, 6.45) is 9.81. The molecule has 3 nitrogen and oxygen atoms in total. The summed E-state index contributed by atoms with van der Waals surface area (Å²) in [5, 5.41) is 13.6. The average Bonchev–Trinajstić information content (AvgIpc) is 2.46. The highest BCUT2D eigenvalue weighted by Crippen LogP contribution is 2.26. The zero-order valence-electron chi connectivity index (χ0n) is 11.2. The van der Waals surface area contributed by atoms with Crippen LogP contribution in [0.1, 0.15) is 50.7 Å². The van der Waals surface area contributed by atoms with Crippen LogP contribution >= 0.6 is 0 Å². The molecule has 1 aromatic rings. The summed E-state index contributed by atoms with van der Waals surface area (Å²) in [4.78, 5) is 3.96. The first-order valence-corrected chi connectivity index (χ1v) is 7.08. The van der Waals surface area contributed by atoms with Crippen LogP contribution in [0.15, 0.2) is 24.5 Å². The van der Waals surface area contributed by atoms with Gasteiger partial charge in [0.1, 0.15) is 0 Å². The second kappa shape index (κ2) is 6.86. The van der Waals surface area contributed by atoms with Crippen molar-refractivity contribution in [2.24, 2.45) is 5.92 Å². The van der Waals surface area contributed by atoms with Crippen molar-refractivity contribution >= 4 is 0 Å². The van der Waals surface area contributed by atoms with Gasteiger partial charge >= 0.3 is 0 Å². The predicted molar refractivity (Wildman–Crippen MR) is 73.2 cm³/mol. The Bertz CT molecular complexity index is 336. The van der Waals surface area contributed by atoms with E-state index in [1.165, 1.54) is 32.1 Å². The molecule has 0 amide bonds. The van der Waals surface area contributed by atoms with E-state index in [9.17, 15) is 5.11 Å². The number of nitrogens with one attached hydrogen (secondary N) is 1. The maximum atomic E-state index is 10.1. The second-order valence-electron chi connectivity index (χ2n) is 5.39. The van der Waals surface area contributed by atoms with Gasteiger partial charge in [-0.3, -0.25) is 4.98 Å². The normalized spacial score (nSPS) is 20.6. The highest BCUT2D eigenvalue weighted by Gasteiger charge is 2.20. The van der Waals surface area contributed by atoms with Crippen LogP contribution in [0.2, 0.25) is 0 Å². The summed E-state index contributed by atoms with van der Waals surface area (Å²) in [6, 6.07) is 4.25. The lowest BCUT2D eigenvalue weighted by atomic mass is 9.84. The van der Waals surface area contributed by atoms with E-state index in [-0.39, 0.29) is 0 Å². The molecular weight excluding hydrogens is 224 g/mol. The number of aliphatic hydroxyl groups is 1. The SMILES string of the molecule is CC(NCC(O)c1ccncc1)C1CCCCC1. The van der Waals surface area contributed by atoms with E-state index in [1.54, 1.807) is 12.4 Å². The van der Waals surface area contributed by atoms with Gasteiger partial charge < -0.3 is 10.4 Å². The zero-order valence-corrected chi connectivity index (χ0v) is 11.2. The minimum absolute atomic E-state index is 0.431. The van der Waals surface area contributed by atoms with Crippen LogP contribution in [-0.4, -0.2) is 22.7 Å². The summed E-state index contributed by atoms with van der Waals surface area (Å²) in [6.45, 7) is 2.87. The molecule has 1 heterocycles. The van der Waals surface area contributed by atoms with E-state index in [0.717, 1.165) is 11.5 Å². The summed E-state index contributed by atoms with van der Waals surface area (Å²) in [7, 11) is 0. The number of hydrogen-bond acceptors (Lipinski definition) is 3. The van der Waals surface area contributed by atoms with E-state index in [2.05, 4.69) is 17.2 Å². The number of hydrogen-bond donors (Lipinski definition) is 2. The quantitative estimate of drug-likeness (QED) is 0.842. The molecule has 2 unspecified atom stereocenters. The Kier molecular flexibility index (Phi) is 5.14. The first-order valence-electron chi connectivity index (χ1n) is 7.08. The molecule has 0 radical (unpaired) electrons. The second-order valence-corrected chi connectivity index (χ2v) is 5.39. The Labute approximate surface area is 110 Å². The molecule has 1 saturated carbocycles. The minimum atomic E-state index is -0.431. The van der Waals surface area contributed by atoms with Crippen molar-refractivity contribution in [3.63, 3.8) is 0 Å². The van der Waals surface area contributed by atoms with E-state index in [4.69, 9.17) is 0 Å². The third kappa shape index (κ3) is 3.79. The largest absolute Gasteiger partial charge is 0.387 e. The lowest BCUT2D eigenvalue weighted by molar-refractivity contribution is 0.161. The molecule has 0 spiro atoms. The molecule has 0 bridgehead atoms. The molecular formula is C15H24N2O. The zero-order chi connectivity index (χ0) is 12.8. The van der Waals surface area contributed by atoms with Gasteiger partial charge in [-0.15, -0.1) is 0 Å². The lowest BCUT2D eigenvalue weighted by Gasteiger charge is -2.29. The van der Waals surface area contributed by atoms with Gasteiger partial charge in [0.15, 0.2) is 0 Å². The third-order valence-electron chi connectivity index (χ3n) is 4.08. The van der Waals surface area contributed by atoms with Gasteiger partial charge in [0.05, 0.1) is 6.10 Å². The summed E-state index contributed by atoms with van der Waals surface area (Å²) < 4.78 is 0. The van der Waals surface area contributed by atoms with Crippen LogP contribution in [0.3, 0.4) is 0 Å².